The fraction of sp³-hybridized carbons (Fsp3) is 0.538. The van der Waals surface area contributed by atoms with Crippen molar-refractivity contribution in [2.45, 2.75) is 18.9 Å². The first-order valence-electron chi connectivity index (χ1n) is 6.18. The molecule has 5 heteroatoms. The summed E-state index contributed by atoms with van der Waals surface area (Å²) in [6.45, 7) is 1.66. The average molecular weight is 264 g/mol. The van der Waals surface area contributed by atoms with Gasteiger partial charge in [-0.2, -0.15) is 5.26 Å². The predicted octanol–water partition coefficient (Wildman–Crippen LogP) is 1.81. The molecule has 94 valence electrons. The van der Waals surface area contributed by atoms with E-state index in [9.17, 15) is 5.11 Å². The average Bonchev–Trinajstić information content (AvgIpc) is 2.92. The summed E-state index contributed by atoms with van der Waals surface area (Å²) < 4.78 is 0. The molecule has 3 unspecified atom stereocenters. The van der Waals surface area contributed by atoms with Gasteiger partial charge in [-0.05, 0) is 24.8 Å². The first-order valence-corrected chi connectivity index (χ1v) is 6.56. The fourth-order valence-corrected chi connectivity index (χ4v) is 3.42. The quantitative estimate of drug-likeness (QED) is 0.840. The van der Waals surface area contributed by atoms with Gasteiger partial charge in [0, 0.05) is 25.2 Å². The highest BCUT2D eigenvalue weighted by Gasteiger charge is 2.42. The van der Waals surface area contributed by atoms with E-state index in [2.05, 4.69) is 16.0 Å². The van der Waals surface area contributed by atoms with Gasteiger partial charge in [0.2, 0.25) is 0 Å². The lowest BCUT2D eigenvalue weighted by Gasteiger charge is -2.20. The maximum absolute atomic E-state index is 9.90. The lowest BCUT2D eigenvalue weighted by Crippen LogP contribution is -2.25. The normalized spacial score (nSPS) is 30.3. The van der Waals surface area contributed by atoms with Crippen molar-refractivity contribution in [3.8, 4) is 6.07 Å². The van der Waals surface area contributed by atoms with Gasteiger partial charge < -0.3 is 10.0 Å². The van der Waals surface area contributed by atoms with Gasteiger partial charge in [-0.25, -0.2) is 4.98 Å². The number of hydrogen-bond acceptors (Lipinski definition) is 4. The van der Waals surface area contributed by atoms with Crippen molar-refractivity contribution in [2.24, 2.45) is 11.8 Å². The van der Waals surface area contributed by atoms with Gasteiger partial charge in [-0.1, -0.05) is 11.6 Å². The van der Waals surface area contributed by atoms with Crippen molar-refractivity contribution in [2.75, 3.05) is 18.0 Å². The lowest BCUT2D eigenvalue weighted by atomic mass is 10.00. The molecule has 1 aromatic rings. The molecule has 2 aliphatic rings. The minimum absolute atomic E-state index is 0.196. The topological polar surface area (TPSA) is 60.2 Å². The van der Waals surface area contributed by atoms with Gasteiger partial charge in [0.05, 0.1) is 11.7 Å². The largest absolute Gasteiger partial charge is 0.393 e. The highest BCUT2D eigenvalue weighted by Crippen LogP contribution is 2.41. The summed E-state index contributed by atoms with van der Waals surface area (Å²) in [5, 5.41) is 19.3. The molecular weight excluding hydrogens is 250 g/mol. The first kappa shape index (κ1) is 11.8. The van der Waals surface area contributed by atoms with Crippen LogP contribution in [0.1, 0.15) is 18.4 Å². The summed E-state index contributed by atoms with van der Waals surface area (Å²) in [5.74, 6) is 1.54. The van der Waals surface area contributed by atoms with E-state index in [-0.39, 0.29) is 6.10 Å². The molecule has 3 rings (SSSR count). The van der Waals surface area contributed by atoms with Crippen LogP contribution in [-0.2, 0) is 0 Å². The molecule has 0 amide bonds. The number of nitriles is 1. The number of fused-ring (bicyclic) bond motifs is 1. The number of pyridine rings is 1. The van der Waals surface area contributed by atoms with Crippen LogP contribution in [0.2, 0.25) is 5.02 Å². The molecule has 1 aliphatic heterocycles. The third-order valence-electron chi connectivity index (χ3n) is 4.11. The van der Waals surface area contributed by atoms with Crippen molar-refractivity contribution >= 4 is 17.4 Å². The van der Waals surface area contributed by atoms with Gasteiger partial charge in [-0.15, -0.1) is 0 Å². The van der Waals surface area contributed by atoms with E-state index >= 15 is 0 Å². The standard InChI is InChI=1S/C13H14ClN3O/c14-12-8(5-15)3-4-16-13(12)17-6-9-1-2-11(18)10(9)7-17/h3-4,9-11,18H,1-2,6-7H2. The van der Waals surface area contributed by atoms with Crippen LogP contribution in [0.4, 0.5) is 5.82 Å². The van der Waals surface area contributed by atoms with Crippen molar-refractivity contribution in [3.63, 3.8) is 0 Å². The Hall–Kier alpha value is -1.31. The van der Waals surface area contributed by atoms with Crippen LogP contribution in [0.15, 0.2) is 12.3 Å². The second-order valence-corrected chi connectivity index (χ2v) is 5.46. The molecular formula is C13H14ClN3O. The number of halogens is 1. The number of rotatable bonds is 1. The van der Waals surface area contributed by atoms with Gasteiger partial charge >= 0.3 is 0 Å². The Morgan fingerprint density at radius 2 is 2.28 bits per heavy atom. The van der Waals surface area contributed by atoms with E-state index in [1.807, 2.05) is 0 Å². The molecule has 1 aliphatic carbocycles. The van der Waals surface area contributed by atoms with Gasteiger partial charge in [0.15, 0.2) is 0 Å². The van der Waals surface area contributed by atoms with Gasteiger partial charge in [0.25, 0.3) is 0 Å². The highest BCUT2D eigenvalue weighted by atomic mass is 35.5. The SMILES string of the molecule is N#Cc1ccnc(N2CC3CCC(O)C3C2)c1Cl. The summed E-state index contributed by atoms with van der Waals surface area (Å²) >= 11 is 6.19. The number of aliphatic hydroxyl groups is 1. The molecule has 0 radical (unpaired) electrons. The molecule has 1 N–H and O–H groups in total. The molecule has 0 spiro atoms. The molecule has 3 atom stereocenters. The molecule has 0 aromatic carbocycles. The second kappa shape index (κ2) is 4.42. The van der Waals surface area contributed by atoms with Crippen molar-refractivity contribution in [1.82, 2.24) is 4.98 Å². The maximum atomic E-state index is 9.90. The number of aromatic nitrogens is 1. The molecule has 18 heavy (non-hydrogen) atoms. The van der Waals surface area contributed by atoms with Crippen LogP contribution in [0.3, 0.4) is 0 Å². The Labute approximate surface area is 111 Å². The minimum atomic E-state index is -0.196. The highest BCUT2D eigenvalue weighted by molar-refractivity contribution is 6.34. The minimum Gasteiger partial charge on any atom is -0.393 e. The predicted molar refractivity (Wildman–Crippen MR) is 68.4 cm³/mol. The smallest absolute Gasteiger partial charge is 0.148 e. The third kappa shape index (κ3) is 1.75. The maximum Gasteiger partial charge on any atom is 0.148 e. The summed E-state index contributed by atoms with van der Waals surface area (Å²) in [6.07, 6.45) is 3.39. The zero-order valence-corrected chi connectivity index (χ0v) is 10.6. The number of nitrogens with zero attached hydrogens (tertiary/aromatic N) is 3. The Bertz CT molecular complexity index is 513. The lowest BCUT2D eigenvalue weighted by molar-refractivity contribution is 0.133. The van der Waals surface area contributed by atoms with Crippen LogP contribution in [0, 0.1) is 23.2 Å². The van der Waals surface area contributed by atoms with Crippen molar-refractivity contribution in [3.05, 3.63) is 22.8 Å². The molecule has 1 saturated carbocycles. The van der Waals surface area contributed by atoms with E-state index in [0.29, 0.717) is 28.2 Å². The Balaban J connectivity index is 1.88. The molecule has 1 aromatic heterocycles. The third-order valence-corrected chi connectivity index (χ3v) is 4.48. The Kier molecular flexibility index (Phi) is 2.89. The molecule has 4 nitrogen and oxygen atoms in total. The van der Waals surface area contributed by atoms with Gasteiger partial charge in [-0.3, -0.25) is 0 Å². The zero-order chi connectivity index (χ0) is 12.7. The fourth-order valence-electron chi connectivity index (χ4n) is 3.15. The van der Waals surface area contributed by atoms with E-state index in [1.54, 1.807) is 12.3 Å². The number of aliphatic hydroxyl groups excluding tert-OH is 1. The van der Waals surface area contributed by atoms with E-state index in [4.69, 9.17) is 16.9 Å². The van der Waals surface area contributed by atoms with Crippen LogP contribution >= 0.6 is 11.6 Å². The summed E-state index contributed by atoms with van der Waals surface area (Å²) in [7, 11) is 0. The van der Waals surface area contributed by atoms with Crippen LogP contribution in [0.5, 0.6) is 0 Å². The molecule has 2 fully saturated rings. The summed E-state index contributed by atoms with van der Waals surface area (Å²) in [5.41, 5.74) is 0.458. The zero-order valence-electron chi connectivity index (χ0n) is 9.88. The van der Waals surface area contributed by atoms with Gasteiger partial charge in [0.1, 0.15) is 16.9 Å². The number of anilines is 1. The van der Waals surface area contributed by atoms with Crippen LogP contribution in [0.25, 0.3) is 0 Å². The first-order chi connectivity index (χ1) is 8.70. The summed E-state index contributed by atoms with van der Waals surface area (Å²) in [6, 6.07) is 3.69. The molecule has 1 saturated heterocycles. The van der Waals surface area contributed by atoms with E-state index in [0.717, 1.165) is 25.9 Å². The second-order valence-electron chi connectivity index (χ2n) is 5.08. The van der Waals surface area contributed by atoms with E-state index < -0.39 is 0 Å². The monoisotopic (exact) mass is 263 g/mol. The number of hydrogen-bond donors (Lipinski definition) is 1. The molecule has 0 bridgehead atoms. The summed E-state index contributed by atoms with van der Waals surface area (Å²) in [4.78, 5) is 6.38. The molecule has 2 heterocycles. The van der Waals surface area contributed by atoms with Crippen molar-refractivity contribution in [1.29, 1.82) is 5.26 Å². The van der Waals surface area contributed by atoms with Crippen molar-refractivity contribution < 1.29 is 5.11 Å². The van der Waals surface area contributed by atoms with Crippen LogP contribution in [-0.4, -0.2) is 29.3 Å². The Morgan fingerprint density at radius 1 is 1.44 bits per heavy atom. The Morgan fingerprint density at radius 3 is 3.00 bits per heavy atom. The van der Waals surface area contributed by atoms with Crippen LogP contribution < -0.4 is 4.90 Å². The van der Waals surface area contributed by atoms with E-state index in [1.165, 1.54) is 0 Å².